The zero-order chi connectivity index (χ0) is 26.8. The number of nitrogens with one attached hydrogen (secondary N) is 1. The van der Waals surface area contributed by atoms with E-state index in [-0.39, 0.29) is 23.4 Å². The molecule has 3 aromatic rings. The number of piperidine rings is 1. The Kier molecular flexibility index (Phi) is 7.85. The summed E-state index contributed by atoms with van der Waals surface area (Å²) in [5.74, 6) is -4.69. The van der Waals surface area contributed by atoms with Crippen LogP contribution in [0.1, 0.15) is 55.3 Å². The number of ether oxygens (including phenoxy) is 2. The summed E-state index contributed by atoms with van der Waals surface area (Å²) in [4.78, 5) is 17.2. The first-order chi connectivity index (χ1) is 18.4. The summed E-state index contributed by atoms with van der Waals surface area (Å²) < 4.78 is 53.5. The summed E-state index contributed by atoms with van der Waals surface area (Å²) in [6.07, 6.45) is 2.87. The van der Waals surface area contributed by atoms with Gasteiger partial charge in [-0.05, 0) is 86.0 Å². The van der Waals surface area contributed by atoms with Gasteiger partial charge in [0.25, 0.3) is 0 Å². The number of carbonyl (C=O) groups excluding carboxylic acids is 1. The normalized spacial score (nSPS) is 24.0. The lowest BCUT2D eigenvalue weighted by atomic mass is 9.65. The number of hydrogen-bond donors (Lipinski definition) is 2. The Morgan fingerprint density at radius 2 is 2.03 bits per heavy atom. The van der Waals surface area contributed by atoms with Crippen LogP contribution in [0, 0.1) is 29.3 Å². The Morgan fingerprint density at radius 1 is 1.18 bits per heavy atom. The molecule has 0 bridgehead atoms. The fraction of sp³-hybridized carbons (Fsp3) is 0.448. The summed E-state index contributed by atoms with van der Waals surface area (Å²) in [5, 5.41) is 15.1. The minimum Gasteiger partial charge on any atom is -0.497 e. The van der Waals surface area contributed by atoms with E-state index in [4.69, 9.17) is 9.47 Å². The molecule has 2 N–H and O–H groups in total. The molecule has 1 aromatic heterocycles. The van der Waals surface area contributed by atoms with Gasteiger partial charge in [-0.15, -0.1) is 0 Å². The first kappa shape index (κ1) is 26.4. The van der Waals surface area contributed by atoms with Crippen LogP contribution in [-0.4, -0.2) is 42.4 Å². The lowest BCUT2D eigenvalue weighted by Gasteiger charge is -2.45. The van der Waals surface area contributed by atoms with Crippen LogP contribution in [0.4, 0.5) is 13.2 Å². The Morgan fingerprint density at radius 3 is 2.79 bits per heavy atom. The highest BCUT2D eigenvalue weighted by Gasteiger charge is 2.46. The lowest BCUT2D eigenvalue weighted by Crippen LogP contribution is -2.45. The van der Waals surface area contributed by atoms with E-state index in [0.717, 1.165) is 30.8 Å². The standard InChI is InChI=1S/C29H31F3N2O4/c1-37-17-4-8-24-22(13-17)18(10-12-34-24)25(35)9-6-19-21(20-5-7-23(30)28(32)27(20)31)14-26(19)38-29(36)16-3-2-11-33-15-16/h4-5,7-8,10,12-13,16,19,21,25-26,33,35H,2-3,6,9,11,14-15H2,1H3/t16?,19-,21-,25+,26?/m1/s1. The molecule has 1 aliphatic carbocycles. The first-order valence-corrected chi connectivity index (χ1v) is 13.0. The molecule has 1 saturated heterocycles. The second-order valence-corrected chi connectivity index (χ2v) is 10.2. The summed E-state index contributed by atoms with van der Waals surface area (Å²) >= 11 is 0. The van der Waals surface area contributed by atoms with Crippen LogP contribution in [0.15, 0.2) is 42.6 Å². The third-order valence-corrected chi connectivity index (χ3v) is 7.96. The van der Waals surface area contributed by atoms with Crippen LogP contribution in [0.2, 0.25) is 0 Å². The number of fused-ring (bicyclic) bond motifs is 1. The van der Waals surface area contributed by atoms with Gasteiger partial charge in [0, 0.05) is 24.0 Å². The fourth-order valence-corrected chi connectivity index (χ4v) is 5.74. The number of hydrogen-bond acceptors (Lipinski definition) is 6. The predicted molar refractivity (Wildman–Crippen MR) is 135 cm³/mol. The van der Waals surface area contributed by atoms with Gasteiger partial charge in [-0.25, -0.2) is 13.2 Å². The van der Waals surface area contributed by atoms with Crippen molar-refractivity contribution in [1.82, 2.24) is 10.3 Å². The molecule has 2 fully saturated rings. The highest BCUT2D eigenvalue weighted by Crippen LogP contribution is 2.49. The number of nitrogens with zero attached hydrogens (tertiary/aromatic N) is 1. The van der Waals surface area contributed by atoms with Gasteiger partial charge in [-0.3, -0.25) is 9.78 Å². The monoisotopic (exact) mass is 528 g/mol. The molecular formula is C29H31F3N2O4. The van der Waals surface area contributed by atoms with Crippen LogP contribution in [0.3, 0.4) is 0 Å². The number of benzene rings is 2. The lowest BCUT2D eigenvalue weighted by molar-refractivity contribution is -0.166. The molecule has 2 aromatic carbocycles. The molecule has 0 radical (unpaired) electrons. The van der Waals surface area contributed by atoms with E-state index in [1.807, 2.05) is 12.1 Å². The van der Waals surface area contributed by atoms with Crippen LogP contribution in [0.25, 0.3) is 10.9 Å². The van der Waals surface area contributed by atoms with Crippen molar-refractivity contribution < 1.29 is 32.5 Å². The van der Waals surface area contributed by atoms with Crippen molar-refractivity contribution in [3.8, 4) is 5.75 Å². The largest absolute Gasteiger partial charge is 0.497 e. The Bertz CT molecular complexity index is 1310. The summed E-state index contributed by atoms with van der Waals surface area (Å²) in [6.45, 7) is 1.41. The van der Waals surface area contributed by atoms with Crippen molar-refractivity contribution >= 4 is 16.9 Å². The quantitative estimate of drug-likeness (QED) is 0.310. The first-order valence-electron chi connectivity index (χ1n) is 13.0. The highest BCUT2D eigenvalue weighted by atomic mass is 19.2. The number of aromatic nitrogens is 1. The molecule has 9 heteroatoms. The Labute approximate surface area is 219 Å². The number of aliphatic hydroxyl groups excluding tert-OH is 1. The van der Waals surface area contributed by atoms with Crippen molar-refractivity contribution in [2.45, 2.75) is 50.2 Å². The maximum Gasteiger partial charge on any atom is 0.310 e. The van der Waals surface area contributed by atoms with E-state index >= 15 is 0 Å². The van der Waals surface area contributed by atoms with Gasteiger partial charge in [0.15, 0.2) is 17.5 Å². The molecular weight excluding hydrogens is 497 g/mol. The molecule has 2 aliphatic rings. The van der Waals surface area contributed by atoms with Gasteiger partial charge >= 0.3 is 5.97 Å². The molecule has 5 atom stereocenters. The third-order valence-electron chi connectivity index (χ3n) is 7.96. The third kappa shape index (κ3) is 5.22. The average molecular weight is 529 g/mol. The summed E-state index contributed by atoms with van der Waals surface area (Å²) in [6, 6.07) is 9.34. The van der Waals surface area contributed by atoms with E-state index in [0.29, 0.717) is 42.6 Å². The molecule has 202 valence electrons. The van der Waals surface area contributed by atoms with E-state index in [2.05, 4.69) is 10.3 Å². The van der Waals surface area contributed by atoms with Gasteiger partial charge in [0.1, 0.15) is 11.9 Å². The minimum absolute atomic E-state index is 0.0640. The van der Waals surface area contributed by atoms with Crippen molar-refractivity contribution in [3.05, 3.63) is 71.2 Å². The predicted octanol–water partition coefficient (Wildman–Crippen LogP) is 5.19. The summed E-state index contributed by atoms with van der Waals surface area (Å²) in [7, 11) is 1.56. The van der Waals surface area contributed by atoms with Crippen molar-refractivity contribution in [1.29, 1.82) is 0 Å². The van der Waals surface area contributed by atoms with Gasteiger partial charge in [-0.2, -0.15) is 0 Å². The fourth-order valence-electron chi connectivity index (χ4n) is 5.74. The zero-order valence-corrected chi connectivity index (χ0v) is 21.1. The Hall–Kier alpha value is -3.17. The van der Waals surface area contributed by atoms with Crippen LogP contribution < -0.4 is 10.1 Å². The average Bonchev–Trinajstić information content (AvgIpc) is 2.94. The zero-order valence-electron chi connectivity index (χ0n) is 21.1. The number of esters is 1. The molecule has 2 unspecified atom stereocenters. The number of aliphatic hydroxyl groups is 1. The highest BCUT2D eigenvalue weighted by molar-refractivity contribution is 5.83. The number of rotatable bonds is 8. The number of methoxy groups -OCH3 is 1. The van der Waals surface area contributed by atoms with Crippen LogP contribution in [0.5, 0.6) is 5.75 Å². The molecule has 38 heavy (non-hydrogen) atoms. The smallest absolute Gasteiger partial charge is 0.310 e. The van der Waals surface area contributed by atoms with Crippen LogP contribution >= 0.6 is 0 Å². The number of halogens is 3. The second kappa shape index (κ2) is 11.3. The van der Waals surface area contributed by atoms with Gasteiger partial charge in [0.2, 0.25) is 0 Å². The summed E-state index contributed by atoms with van der Waals surface area (Å²) in [5.41, 5.74) is 1.44. The molecule has 0 spiro atoms. The molecule has 5 rings (SSSR count). The maximum absolute atomic E-state index is 14.7. The van der Waals surface area contributed by atoms with Crippen LogP contribution in [-0.2, 0) is 9.53 Å². The Balaban J connectivity index is 1.35. The minimum atomic E-state index is -1.51. The molecule has 1 aliphatic heterocycles. The molecule has 2 heterocycles. The second-order valence-electron chi connectivity index (χ2n) is 10.2. The van der Waals surface area contributed by atoms with Crippen molar-refractivity contribution in [3.63, 3.8) is 0 Å². The van der Waals surface area contributed by atoms with Gasteiger partial charge in [-0.1, -0.05) is 6.07 Å². The maximum atomic E-state index is 14.7. The van der Waals surface area contributed by atoms with E-state index < -0.39 is 35.6 Å². The van der Waals surface area contributed by atoms with E-state index in [9.17, 15) is 23.1 Å². The number of pyridine rings is 1. The van der Waals surface area contributed by atoms with Gasteiger partial charge < -0.3 is 19.9 Å². The van der Waals surface area contributed by atoms with E-state index in [1.54, 1.807) is 25.4 Å². The van der Waals surface area contributed by atoms with Gasteiger partial charge in [0.05, 0.1) is 24.6 Å². The molecule has 1 saturated carbocycles. The molecule has 0 amide bonds. The SMILES string of the molecule is COc1ccc2nccc([C@@H](O)CC[C@H]3C(OC(=O)C4CCCNC4)C[C@H]3c3ccc(F)c(F)c3F)c2c1. The molecule has 6 nitrogen and oxygen atoms in total. The van der Waals surface area contributed by atoms with Crippen molar-refractivity contribution in [2.24, 2.45) is 11.8 Å². The topological polar surface area (TPSA) is 80.7 Å². The van der Waals surface area contributed by atoms with Crippen molar-refractivity contribution in [2.75, 3.05) is 20.2 Å². The number of carbonyl (C=O) groups is 1. The van der Waals surface area contributed by atoms with E-state index in [1.165, 1.54) is 6.07 Å².